The molecule has 3 amide bonds. The molecule has 7 heteroatoms. The van der Waals surface area contributed by atoms with E-state index in [4.69, 9.17) is 0 Å². The molecule has 2 aromatic rings. The third-order valence-electron chi connectivity index (χ3n) is 5.47. The summed E-state index contributed by atoms with van der Waals surface area (Å²) in [5.74, 6) is -0.0762. The number of amides is 3. The maximum atomic E-state index is 12.7. The molecule has 0 spiro atoms. The van der Waals surface area contributed by atoms with Gasteiger partial charge in [-0.15, -0.1) is 0 Å². The van der Waals surface area contributed by atoms with Crippen molar-refractivity contribution in [2.75, 3.05) is 31.5 Å². The predicted molar refractivity (Wildman–Crippen MR) is 112 cm³/mol. The van der Waals surface area contributed by atoms with Crippen molar-refractivity contribution in [2.24, 2.45) is 0 Å². The van der Waals surface area contributed by atoms with Crippen LogP contribution >= 0.6 is 0 Å². The lowest BCUT2D eigenvalue weighted by atomic mass is 10.1. The zero-order valence-corrected chi connectivity index (χ0v) is 16.7. The number of urea groups is 1. The summed E-state index contributed by atoms with van der Waals surface area (Å²) in [7, 11) is 0. The lowest BCUT2D eigenvalue weighted by Gasteiger charge is -2.34. The maximum absolute atomic E-state index is 12.7. The van der Waals surface area contributed by atoms with E-state index in [0.29, 0.717) is 30.4 Å². The highest BCUT2D eigenvalue weighted by atomic mass is 16.2. The molecule has 1 aliphatic heterocycles. The molecule has 2 N–H and O–H groups in total. The van der Waals surface area contributed by atoms with Crippen molar-refractivity contribution in [3.8, 4) is 0 Å². The average Bonchev–Trinajstić information content (AvgIpc) is 3.55. The minimum absolute atomic E-state index is 0.0762. The quantitative estimate of drug-likeness (QED) is 0.819. The van der Waals surface area contributed by atoms with Gasteiger partial charge in [-0.2, -0.15) is 0 Å². The van der Waals surface area contributed by atoms with Crippen LogP contribution in [0.25, 0.3) is 0 Å². The molecule has 1 aromatic heterocycles. The van der Waals surface area contributed by atoms with Gasteiger partial charge in [0.05, 0.1) is 0 Å². The van der Waals surface area contributed by atoms with Crippen molar-refractivity contribution in [3.63, 3.8) is 0 Å². The smallest absolute Gasteiger partial charge is 0.321 e. The Morgan fingerprint density at radius 2 is 1.79 bits per heavy atom. The molecule has 152 valence electrons. The van der Waals surface area contributed by atoms with Crippen molar-refractivity contribution < 1.29 is 9.59 Å². The molecule has 2 fully saturated rings. The summed E-state index contributed by atoms with van der Waals surface area (Å²) in [6, 6.07) is 9.69. The van der Waals surface area contributed by atoms with E-state index in [0.717, 1.165) is 38.0 Å². The van der Waals surface area contributed by atoms with Gasteiger partial charge in [-0.1, -0.05) is 6.07 Å². The Labute approximate surface area is 171 Å². The SMILES string of the molecule is Cc1ccc(C(=O)NC2CC2)cc1NC(=O)N1CCN(Cc2ccncc2)CC1. The maximum Gasteiger partial charge on any atom is 0.321 e. The number of carbonyl (C=O) groups is 2. The molecule has 0 radical (unpaired) electrons. The number of carbonyl (C=O) groups excluding carboxylic acids is 2. The third-order valence-corrected chi connectivity index (χ3v) is 5.47. The van der Waals surface area contributed by atoms with E-state index >= 15 is 0 Å². The molecule has 0 bridgehead atoms. The number of nitrogens with zero attached hydrogens (tertiary/aromatic N) is 3. The summed E-state index contributed by atoms with van der Waals surface area (Å²) < 4.78 is 0. The molecule has 1 aliphatic carbocycles. The minimum Gasteiger partial charge on any atom is -0.349 e. The fourth-order valence-electron chi connectivity index (χ4n) is 3.44. The minimum atomic E-state index is -0.114. The van der Waals surface area contributed by atoms with Crippen molar-refractivity contribution in [1.82, 2.24) is 20.1 Å². The molecule has 0 unspecified atom stereocenters. The van der Waals surface area contributed by atoms with E-state index in [2.05, 4.69) is 20.5 Å². The normalized spacial score (nSPS) is 17.1. The first-order chi connectivity index (χ1) is 14.1. The fourth-order valence-corrected chi connectivity index (χ4v) is 3.44. The number of piperazine rings is 1. The summed E-state index contributed by atoms with van der Waals surface area (Å²) in [5.41, 5.74) is 3.45. The van der Waals surface area contributed by atoms with Gasteiger partial charge < -0.3 is 15.5 Å². The Bertz CT molecular complexity index is 874. The van der Waals surface area contributed by atoms with E-state index in [1.54, 1.807) is 24.5 Å². The molecule has 1 saturated heterocycles. The Balaban J connectivity index is 1.32. The van der Waals surface area contributed by atoms with Gasteiger partial charge in [0.25, 0.3) is 5.91 Å². The number of aryl methyl sites for hydroxylation is 1. The van der Waals surface area contributed by atoms with Crippen LogP contribution in [0, 0.1) is 6.92 Å². The third kappa shape index (κ3) is 5.12. The van der Waals surface area contributed by atoms with Crippen molar-refractivity contribution in [3.05, 3.63) is 59.4 Å². The van der Waals surface area contributed by atoms with Gasteiger partial charge in [0.2, 0.25) is 0 Å². The van der Waals surface area contributed by atoms with Crippen molar-refractivity contribution in [2.45, 2.75) is 32.4 Å². The van der Waals surface area contributed by atoms with Crippen LogP contribution in [0.4, 0.5) is 10.5 Å². The number of anilines is 1. The van der Waals surface area contributed by atoms with E-state index < -0.39 is 0 Å². The number of benzene rings is 1. The molecular formula is C22H27N5O2. The van der Waals surface area contributed by atoms with E-state index in [1.165, 1.54) is 5.56 Å². The van der Waals surface area contributed by atoms with Crippen LogP contribution in [0.2, 0.25) is 0 Å². The van der Waals surface area contributed by atoms with Gasteiger partial charge in [0.15, 0.2) is 0 Å². The number of aromatic nitrogens is 1. The molecule has 0 atom stereocenters. The van der Waals surface area contributed by atoms with Gasteiger partial charge >= 0.3 is 6.03 Å². The van der Waals surface area contributed by atoms with Crippen LogP contribution in [0.1, 0.15) is 34.3 Å². The highest BCUT2D eigenvalue weighted by molar-refractivity contribution is 5.97. The summed E-state index contributed by atoms with van der Waals surface area (Å²) in [6.45, 7) is 5.83. The Hall–Kier alpha value is -2.93. The van der Waals surface area contributed by atoms with Crippen LogP contribution in [-0.2, 0) is 6.54 Å². The predicted octanol–water partition coefficient (Wildman–Crippen LogP) is 2.63. The monoisotopic (exact) mass is 393 g/mol. The first-order valence-electron chi connectivity index (χ1n) is 10.2. The molecule has 1 saturated carbocycles. The fraction of sp³-hybridized carbons (Fsp3) is 0.409. The summed E-state index contributed by atoms with van der Waals surface area (Å²) in [4.78, 5) is 33.3. The number of rotatable bonds is 5. The summed E-state index contributed by atoms with van der Waals surface area (Å²) in [6.07, 6.45) is 5.71. The number of hydrogen-bond acceptors (Lipinski definition) is 4. The second kappa shape index (κ2) is 8.61. The second-order valence-corrected chi connectivity index (χ2v) is 7.83. The molecule has 2 aliphatic rings. The topological polar surface area (TPSA) is 77.6 Å². The molecule has 2 heterocycles. The van der Waals surface area contributed by atoms with E-state index in [9.17, 15) is 9.59 Å². The van der Waals surface area contributed by atoms with Gasteiger partial charge in [0.1, 0.15) is 0 Å². The van der Waals surface area contributed by atoms with Crippen LogP contribution < -0.4 is 10.6 Å². The van der Waals surface area contributed by atoms with Gasteiger partial charge in [-0.25, -0.2) is 4.79 Å². The van der Waals surface area contributed by atoms with Crippen molar-refractivity contribution >= 4 is 17.6 Å². The molecule has 29 heavy (non-hydrogen) atoms. The van der Waals surface area contributed by atoms with Crippen molar-refractivity contribution in [1.29, 1.82) is 0 Å². The zero-order valence-electron chi connectivity index (χ0n) is 16.7. The first-order valence-corrected chi connectivity index (χ1v) is 10.2. The first kappa shape index (κ1) is 19.4. The van der Waals surface area contributed by atoms with Crippen LogP contribution in [-0.4, -0.2) is 58.9 Å². The Morgan fingerprint density at radius 3 is 2.48 bits per heavy atom. The molecule has 7 nitrogen and oxygen atoms in total. The lowest BCUT2D eigenvalue weighted by molar-refractivity contribution is 0.0951. The number of nitrogens with one attached hydrogen (secondary N) is 2. The van der Waals surface area contributed by atoms with Crippen LogP contribution in [0.5, 0.6) is 0 Å². The number of hydrogen-bond donors (Lipinski definition) is 2. The molecule has 4 rings (SSSR count). The Kier molecular flexibility index (Phi) is 5.76. The summed E-state index contributed by atoms with van der Waals surface area (Å²) in [5, 5.41) is 5.98. The highest BCUT2D eigenvalue weighted by Crippen LogP contribution is 2.22. The second-order valence-electron chi connectivity index (χ2n) is 7.83. The zero-order chi connectivity index (χ0) is 20.2. The standard InChI is InChI=1S/C22H27N5O2/c1-16-2-3-18(21(28)24-19-4-5-19)14-20(16)25-22(29)27-12-10-26(11-13-27)15-17-6-8-23-9-7-17/h2-3,6-9,14,19H,4-5,10-13,15H2,1H3,(H,24,28)(H,25,29). The lowest BCUT2D eigenvalue weighted by Crippen LogP contribution is -2.49. The van der Waals surface area contributed by atoms with Crippen LogP contribution in [0.15, 0.2) is 42.7 Å². The number of pyridine rings is 1. The summed E-state index contributed by atoms with van der Waals surface area (Å²) >= 11 is 0. The largest absolute Gasteiger partial charge is 0.349 e. The Morgan fingerprint density at radius 1 is 1.07 bits per heavy atom. The highest BCUT2D eigenvalue weighted by Gasteiger charge is 2.25. The van der Waals surface area contributed by atoms with Gasteiger partial charge in [0, 0.05) is 62.4 Å². The van der Waals surface area contributed by atoms with E-state index in [1.807, 2.05) is 30.0 Å². The molecule has 1 aromatic carbocycles. The molecular weight excluding hydrogens is 366 g/mol. The van der Waals surface area contributed by atoms with Gasteiger partial charge in [-0.3, -0.25) is 14.7 Å². The average molecular weight is 393 g/mol. The van der Waals surface area contributed by atoms with E-state index in [-0.39, 0.29) is 11.9 Å². The van der Waals surface area contributed by atoms with Crippen LogP contribution in [0.3, 0.4) is 0 Å². The van der Waals surface area contributed by atoms with Gasteiger partial charge in [-0.05, 0) is 55.2 Å².